The van der Waals surface area contributed by atoms with Crippen molar-refractivity contribution in [1.29, 1.82) is 0 Å². The van der Waals surface area contributed by atoms with Gasteiger partial charge in [-0.1, -0.05) is 0 Å². The number of aromatic hydroxyl groups is 2. The molecule has 0 spiro atoms. The Balaban J connectivity index is 1.56. The second-order valence-corrected chi connectivity index (χ2v) is 8.64. The summed E-state index contributed by atoms with van der Waals surface area (Å²) in [5.74, 6) is 1.25. The molecule has 164 valence electrons. The van der Waals surface area contributed by atoms with Crippen molar-refractivity contribution in [3.63, 3.8) is 0 Å². The summed E-state index contributed by atoms with van der Waals surface area (Å²) in [4.78, 5) is 20.6. The predicted octanol–water partition coefficient (Wildman–Crippen LogP) is 3.40. The zero-order chi connectivity index (χ0) is 22.2. The summed E-state index contributed by atoms with van der Waals surface area (Å²) in [6.07, 6.45) is 0.584. The normalized spacial score (nSPS) is 16.6. The van der Waals surface area contributed by atoms with E-state index in [-0.39, 0.29) is 11.5 Å². The molecule has 2 aliphatic heterocycles. The van der Waals surface area contributed by atoms with Gasteiger partial charge < -0.3 is 25.0 Å². The van der Waals surface area contributed by atoms with E-state index >= 15 is 0 Å². The number of piperazine rings is 1. The third-order valence-electron chi connectivity index (χ3n) is 5.90. The topological polar surface area (TPSA) is 106 Å². The van der Waals surface area contributed by atoms with Crippen molar-refractivity contribution in [2.45, 2.75) is 20.3 Å². The van der Waals surface area contributed by atoms with Crippen molar-refractivity contribution < 1.29 is 24.9 Å². The molecule has 0 saturated carbocycles. The predicted molar refractivity (Wildman–Crippen MR) is 117 cm³/mol. The first-order valence-corrected chi connectivity index (χ1v) is 10.4. The smallest absolute Gasteiger partial charge is 0.309 e. The number of rotatable bonds is 4. The molecule has 2 heterocycles. The van der Waals surface area contributed by atoms with Crippen molar-refractivity contribution >= 4 is 17.5 Å². The van der Waals surface area contributed by atoms with Gasteiger partial charge in [0.25, 0.3) is 0 Å². The number of aliphatic imine (C=N–C) groups is 1. The summed E-state index contributed by atoms with van der Waals surface area (Å²) in [5.41, 5.74) is 0.467. The lowest BCUT2D eigenvalue weighted by molar-refractivity contribution is -0.147. The average Bonchev–Trinajstić information content (AvgIpc) is 2.89. The zero-order valence-corrected chi connectivity index (χ0v) is 17.7. The van der Waals surface area contributed by atoms with E-state index in [2.05, 4.69) is 9.80 Å². The van der Waals surface area contributed by atoms with Crippen LogP contribution in [0.5, 0.6) is 23.0 Å². The maximum Gasteiger partial charge on any atom is 0.309 e. The fourth-order valence-electron chi connectivity index (χ4n) is 3.72. The van der Waals surface area contributed by atoms with Crippen LogP contribution in [0.15, 0.2) is 41.4 Å². The number of amidine groups is 1. The monoisotopic (exact) mass is 425 g/mol. The second kappa shape index (κ2) is 8.11. The van der Waals surface area contributed by atoms with Crippen LogP contribution in [0.2, 0.25) is 0 Å². The van der Waals surface area contributed by atoms with E-state index in [9.17, 15) is 20.1 Å². The van der Waals surface area contributed by atoms with Crippen molar-refractivity contribution in [3.05, 3.63) is 42.0 Å². The van der Waals surface area contributed by atoms with Crippen LogP contribution >= 0.6 is 0 Å². The van der Waals surface area contributed by atoms with Gasteiger partial charge in [-0.2, -0.15) is 0 Å². The number of carboxylic acid groups (broad SMARTS) is 1. The van der Waals surface area contributed by atoms with Gasteiger partial charge in [-0.25, -0.2) is 4.99 Å². The second-order valence-electron chi connectivity index (χ2n) is 8.64. The van der Waals surface area contributed by atoms with E-state index in [4.69, 9.17) is 9.73 Å². The summed E-state index contributed by atoms with van der Waals surface area (Å²) in [5, 5.41) is 29.3. The van der Waals surface area contributed by atoms with Gasteiger partial charge in [-0.3, -0.25) is 9.69 Å². The lowest BCUT2D eigenvalue weighted by atomic mass is 9.89. The maximum absolute atomic E-state index is 11.4. The number of aliphatic carboxylic acids is 1. The molecule has 31 heavy (non-hydrogen) atoms. The van der Waals surface area contributed by atoms with E-state index in [1.54, 1.807) is 50.2 Å². The molecule has 2 aliphatic rings. The number of nitrogens with zero attached hydrogens (tertiary/aromatic N) is 3. The number of fused-ring (bicyclic) bond motifs is 2. The Morgan fingerprint density at radius 3 is 2.35 bits per heavy atom. The minimum absolute atomic E-state index is 0.102. The Morgan fingerprint density at radius 1 is 1.03 bits per heavy atom. The molecule has 1 saturated heterocycles. The van der Waals surface area contributed by atoms with Crippen LogP contribution in [-0.2, 0) is 4.79 Å². The maximum atomic E-state index is 11.4. The number of hydrogen-bond acceptors (Lipinski definition) is 7. The van der Waals surface area contributed by atoms with Crippen LogP contribution in [-0.4, -0.2) is 69.6 Å². The fraction of sp³-hybridized carbons (Fsp3) is 0.391. The Kier molecular flexibility index (Phi) is 5.49. The van der Waals surface area contributed by atoms with Crippen LogP contribution < -0.4 is 4.74 Å². The van der Waals surface area contributed by atoms with Crippen LogP contribution in [0.25, 0.3) is 0 Å². The SMILES string of the molecule is CC(C)(CCN1CCN(C2=Nc3cc(O)ccc3Oc3ccc(O)cc32)CC1)C(=O)O. The highest BCUT2D eigenvalue weighted by atomic mass is 16.5. The first kappa shape index (κ1) is 21.0. The van der Waals surface area contributed by atoms with Gasteiger partial charge in [-0.05, 0) is 57.1 Å². The van der Waals surface area contributed by atoms with Gasteiger partial charge in [0.2, 0.25) is 0 Å². The highest BCUT2D eigenvalue weighted by Gasteiger charge is 2.30. The van der Waals surface area contributed by atoms with Crippen molar-refractivity contribution in [2.24, 2.45) is 10.4 Å². The third-order valence-corrected chi connectivity index (χ3v) is 5.90. The summed E-state index contributed by atoms with van der Waals surface area (Å²) in [6.45, 7) is 7.18. The van der Waals surface area contributed by atoms with Gasteiger partial charge >= 0.3 is 5.97 Å². The summed E-state index contributed by atoms with van der Waals surface area (Å²) < 4.78 is 6.02. The van der Waals surface area contributed by atoms with E-state index in [1.807, 2.05) is 0 Å². The molecule has 4 rings (SSSR count). The summed E-state index contributed by atoms with van der Waals surface area (Å²) in [7, 11) is 0. The van der Waals surface area contributed by atoms with E-state index in [1.165, 1.54) is 0 Å². The highest BCUT2D eigenvalue weighted by Crippen LogP contribution is 2.41. The number of carbonyl (C=O) groups is 1. The minimum Gasteiger partial charge on any atom is -0.508 e. The minimum atomic E-state index is -0.780. The van der Waals surface area contributed by atoms with Crippen LogP contribution in [0.4, 0.5) is 5.69 Å². The lowest BCUT2D eigenvalue weighted by Crippen LogP contribution is -2.49. The van der Waals surface area contributed by atoms with Crippen molar-refractivity contribution in [2.75, 3.05) is 32.7 Å². The van der Waals surface area contributed by atoms with E-state index in [0.717, 1.165) is 19.6 Å². The quantitative estimate of drug-likeness (QED) is 0.689. The average molecular weight is 425 g/mol. The van der Waals surface area contributed by atoms with E-state index in [0.29, 0.717) is 48.1 Å². The molecule has 0 aromatic heterocycles. The zero-order valence-electron chi connectivity index (χ0n) is 17.7. The molecule has 1 fully saturated rings. The van der Waals surface area contributed by atoms with Crippen molar-refractivity contribution in [3.8, 4) is 23.0 Å². The Labute approximate surface area is 181 Å². The highest BCUT2D eigenvalue weighted by molar-refractivity contribution is 6.04. The Morgan fingerprint density at radius 2 is 1.68 bits per heavy atom. The first-order chi connectivity index (χ1) is 14.7. The molecule has 0 bridgehead atoms. The molecule has 8 heteroatoms. The molecule has 0 radical (unpaired) electrons. The summed E-state index contributed by atoms with van der Waals surface area (Å²) >= 11 is 0. The van der Waals surface area contributed by atoms with Crippen LogP contribution in [0.1, 0.15) is 25.8 Å². The lowest BCUT2D eigenvalue weighted by Gasteiger charge is -2.37. The van der Waals surface area contributed by atoms with Gasteiger partial charge in [0.05, 0.1) is 11.0 Å². The molecular formula is C23H27N3O5. The van der Waals surface area contributed by atoms with Gasteiger partial charge in [0, 0.05) is 32.2 Å². The van der Waals surface area contributed by atoms with Crippen LogP contribution in [0.3, 0.4) is 0 Å². The van der Waals surface area contributed by atoms with Gasteiger partial charge in [0.15, 0.2) is 5.75 Å². The third kappa shape index (κ3) is 4.44. The number of ether oxygens (including phenoxy) is 1. The standard InChI is InChI=1S/C23H27N3O5/c1-23(2,22(29)30)7-8-25-9-11-26(12-10-25)21-17-13-15(27)3-5-19(17)31-20-6-4-16(28)14-18(20)24-21/h3-6,13-14,27-28H,7-12H2,1-2H3,(H,29,30). The number of carboxylic acids is 1. The summed E-state index contributed by atoms with van der Waals surface area (Å²) in [6, 6.07) is 9.72. The van der Waals surface area contributed by atoms with Gasteiger partial charge in [0.1, 0.15) is 28.8 Å². The Bertz CT molecular complexity index is 1030. The molecule has 0 unspecified atom stereocenters. The number of benzene rings is 2. The van der Waals surface area contributed by atoms with Crippen molar-refractivity contribution in [1.82, 2.24) is 9.80 Å². The Hall–Kier alpha value is -3.26. The number of phenols is 2. The fourth-order valence-corrected chi connectivity index (χ4v) is 3.72. The molecule has 0 aliphatic carbocycles. The molecular weight excluding hydrogens is 398 g/mol. The number of hydrogen-bond donors (Lipinski definition) is 3. The molecule has 2 aromatic carbocycles. The molecule has 2 aromatic rings. The first-order valence-electron chi connectivity index (χ1n) is 10.4. The number of phenolic OH excluding ortho intramolecular Hbond substituents is 2. The largest absolute Gasteiger partial charge is 0.508 e. The van der Waals surface area contributed by atoms with E-state index < -0.39 is 11.4 Å². The van der Waals surface area contributed by atoms with Crippen LogP contribution in [0, 0.1) is 5.41 Å². The molecule has 3 N–H and O–H groups in total. The van der Waals surface area contributed by atoms with Gasteiger partial charge in [-0.15, -0.1) is 0 Å². The molecule has 8 nitrogen and oxygen atoms in total. The molecule has 0 amide bonds. The molecule has 0 atom stereocenters.